The maximum absolute atomic E-state index is 4.70. The molecule has 1 aliphatic carbocycles. The van der Waals surface area contributed by atoms with Gasteiger partial charge < -0.3 is 10.6 Å². The number of hydrogen-bond acceptors (Lipinski definition) is 4. The Kier molecular flexibility index (Phi) is 4.51. The second-order valence-electron chi connectivity index (χ2n) is 6.79. The topological polar surface area (TPSA) is 49.8 Å². The fourth-order valence-corrected chi connectivity index (χ4v) is 2.27. The van der Waals surface area contributed by atoms with Gasteiger partial charge in [-0.3, -0.25) is 0 Å². The number of nitrogens with one attached hydrogen (secondary N) is 2. The third-order valence-corrected chi connectivity index (χ3v) is 3.73. The Balaban J connectivity index is 2.16. The van der Waals surface area contributed by atoms with Crippen LogP contribution in [0.4, 0.5) is 11.6 Å². The van der Waals surface area contributed by atoms with Gasteiger partial charge in [0.15, 0.2) is 0 Å². The molecule has 4 nitrogen and oxygen atoms in total. The zero-order chi connectivity index (χ0) is 14.8. The SMILES string of the molecule is CCCNc1cc(NC2CC2CC)nc(C(C)(C)C)n1. The summed E-state index contributed by atoms with van der Waals surface area (Å²) in [7, 11) is 0. The predicted molar refractivity (Wildman–Crippen MR) is 85.3 cm³/mol. The highest BCUT2D eigenvalue weighted by Crippen LogP contribution is 2.36. The van der Waals surface area contributed by atoms with Gasteiger partial charge in [-0.15, -0.1) is 0 Å². The van der Waals surface area contributed by atoms with Crippen molar-refractivity contribution < 1.29 is 0 Å². The van der Waals surface area contributed by atoms with Gasteiger partial charge in [-0.2, -0.15) is 0 Å². The van der Waals surface area contributed by atoms with Gasteiger partial charge >= 0.3 is 0 Å². The number of anilines is 2. The second-order valence-corrected chi connectivity index (χ2v) is 6.79. The summed E-state index contributed by atoms with van der Waals surface area (Å²) in [5, 5.41) is 6.93. The van der Waals surface area contributed by atoms with E-state index in [0.29, 0.717) is 6.04 Å². The highest BCUT2D eigenvalue weighted by Gasteiger charge is 2.35. The average Bonchev–Trinajstić information content (AvgIpc) is 3.13. The molecule has 2 rings (SSSR count). The van der Waals surface area contributed by atoms with Crippen molar-refractivity contribution in [1.29, 1.82) is 0 Å². The molecule has 1 saturated carbocycles. The first-order valence-electron chi connectivity index (χ1n) is 7.84. The van der Waals surface area contributed by atoms with Crippen LogP contribution in [0.25, 0.3) is 0 Å². The molecule has 1 fully saturated rings. The molecule has 0 radical (unpaired) electrons. The maximum atomic E-state index is 4.70. The van der Waals surface area contributed by atoms with Gasteiger partial charge in [0.2, 0.25) is 0 Å². The van der Waals surface area contributed by atoms with Crippen molar-refractivity contribution >= 4 is 11.6 Å². The Labute approximate surface area is 122 Å². The monoisotopic (exact) mass is 276 g/mol. The molecule has 0 spiro atoms. The van der Waals surface area contributed by atoms with Crippen LogP contribution in [-0.4, -0.2) is 22.6 Å². The van der Waals surface area contributed by atoms with Gasteiger partial charge in [-0.25, -0.2) is 9.97 Å². The molecule has 112 valence electrons. The molecule has 1 aromatic heterocycles. The van der Waals surface area contributed by atoms with Crippen molar-refractivity contribution in [3.8, 4) is 0 Å². The summed E-state index contributed by atoms with van der Waals surface area (Å²) in [6.07, 6.45) is 3.61. The van der Waals surface area contributed by atoms with Gasteiger partial charge in [0, 0.05) is 24.1 Å². The van der Waals surface area contributed by atoms with Gasteiger partial charge in [0.25, 0.3) is 0 Å². The summed E-state index contributed by atoms with van der Waals surface area (Å²) >= 11 is 0. The van der Waals surface area contributed by atoms with Crippen molar-refractivity contribution in [2.24, 2.45) is 5.92 Å². The van der Waals surface area contributed by atoms with Crippen LogP contribution < -0.4 is 10.6 Å². The highest BCUT2D eigenvalue weighted by molar-refractivity contribution is 5.49. The molecule has 0 amide bonds. The van der Waals surface area contributed by atoms with Crippen LogP contribution in [0.15, 0.2) is 6.07 Å². The molecule has 1 aromatic rings. The quantitative estimate of drug-likeness (QED) is 0.829. The fourth-order valence-electron chi connectivity index (χ4n) is 2.27. The van der Waals surface area contributed by atoms with E-state index in [4.69, 9.17) is 4.98 Å². The summed E-state index contributed by atoms with van der Waals surface area (Å²) in [6.45, 7) is 11.8. The number of hydrogen-bond donors (Lipinski definition) is 2. The lowest BCUT2D eigenvalue weighted by Gasteiger charge is -2.19. The third kappa shape index (κ3) is 3.84. The lowest BCUT2D eigenvalue weighted by Crippen LogP contribution is -2.19. The number of nitrogens with zero attached hydrogens (tertiary/aromatic N) is 2. The van der Waals surface area contributed by atoms with E-state index in [1.165, 1.54) is 12.8 Å². The molecule has 2 N–H and O–H groups in total. The van der Waals surface area contributed by atoms with Gasteiger partial charge in [0.1, 0.15) is 17.5 Å². The van der Waals surface area contributed by atoms with E-state index in [-0.39, 0.29) is 5.41 Å². The lowest BCUT2D eigenvalue weighted by atomic mass is 9.96. The minimum absolute atomic E-state index is 0.0337. The largest absolute Gasteiger partial charge is 0.370 e. The molecule has 2 unspecified atom stereocenters. The predicted octanol–water partition coefficient (Wildman–Crippen LogP) is 3.81. The summed E-state index contributed by atoms with van der Waals surface area (Å²) < 4.78 is 0. The van der Waals surface area contributed by atoms with Crippen molar-refractivity contribution in [3.63, 3.8) is 0 Å². The Morgan fingerprint density at radius 2 is 1.90 bits per heavy atom. The van der Waals surface area contributed by atoms with Crippen LogP contribution >= 0.6 is 0 Å². The molecule has 1 heterocycles. The smallest absolute Gasteiger partial charge is 0.138 e. The third-order valence-electron chi connectivity index (χ3n) is 3.73. The molecule has 2 atom stereocenters. The summed E-state index contributed by atoms with van der Waals surface area (Å²) in [4.78, 5) is 9.35. The normalized spacial score (nSPS) is 21.6. The second kappa shape index (κ2) is 5.98. The molecular formula is C16H28N4. The molecule has 4 heteroatoms. The van der Waals surface area contributed by atoms with E-state index in [9.17, 15) is 0 Å². The standard InChI is InChI=1S/C16H28N4/c1-6-8-17-13-10-14(18-12-9-11(12)7-2)20-15(19-13)16(3,4)5/h10-12H,6-9H2,1-5H3,(H2,17,18,19,20). The Bertz CT molecular complexity index is 450. The molecule has 0 bridgehead atoms. The van der Waals surface area contributed by atoms with Crippen molar-refractivity contribution in [1.82, 2.24) is 9.97 Å². The van der Waals surface area contributed by atoms with Crippen molar-refractivity contribution in [2.75, 3.05) is 17.2 Å². The molecule has 0 aromatic carbocycles. The highest BCUT2D eigenvalue weighted by atomic mass is 15.1. The van der Waals surface area contributed by atoms with Gasteiger partial charge in [-0.05, 0) is 18.8 Å². The summed E-state index contributed by atoms with van der Waals surface area (Å²) in [5.41, 5.74) is -0.0337. The van der Waals surface area contributed by atoms with Crippen LogP contribution in [0.5, 0.6) is 0 Å². The molecule has 0 aliphatic heterocycles. The van der Waals surface area contributed by atoms with E-state index in [1.54, 1.807) is 0 Å². The summed E-state index contributed by atoms with van der Waals surface area (Å²) in [6, 6.07) is 2.64. The first kappa shape index (κ1) is 15.1. The maximum Gasteiger partial charge on any atom is 0.138 e. The van der Waals surface area contributed by atoms with Crippen LogP contribution in [0, 0.1) is 5.92 Å². The molecule has 20 heavy (non-hydrogen) atoms. The Hall–Kier alpha value is -1.32. The van der Waals surface area contributed by atoms with Crippen molar-refractivity contribution in [3.05, 3.63) is 11.9 Å². The van der Waals surface area contributed by atoms with Gasteiger partial charge in [0.05, 0.1) is 0 Å². The van der Waals surface area contributed by atoms with E-state index in [1.807, 2.05) is 6.07 Å². The van der Waals surface area contributed by atoms with Crippen molar-refractivity contribution in [2.45, 2.75) is 65.3 Å². The molecule has 1 aliphatic rings. The summed E-state index contributed by atoms with van der Waals surface area (Å²) in [5.74, 6) is 3.61. The Morgan fingerprint density at radius 1 is 1.20 bits per heavy atom. The Morgan fingerprint density at radius 3 is 2.45 bits per heavy atom. The first-order valence-corrected chi connectivity index (χ1v) is 7.84. The van der Waals surface area contributed by atoms with Crippen LogP contribution in [0.2, 0.25) is 0 Å². The fraction of sp³-hybridized carbons (Fsp3) is 0.750. The number of rotatable bonds is 6. The number of aromatic nitrogens is 2. The minimum Gasteiger partial charge on any atom is -0.370 e. The average molecular weight is 276 g/mol. The zero-order valence-corrected chi connectivity index (χ0v) is 13.5. The van der Waals surface area contributed by atoms with E-state index in [0.717, 1.165) is 36.3 Å². The minimum atomic E-state index is -0.0337. The molecular weight excluding hydrogens is 248 g/mol. The first-order chi connectivity index (χ1) is 9.44. The van der Waals surface area contributed by atoms with E-state index in [2.05, 4.69) is 50.2 Å². The lowest BCUT2D eigenvalue weighted by molar-refractivity contribution is 0.546. The van der Waals surface area contributed by atoms with Crippen LogP contribution in [0.3, 0.4) is 0 Å². The van der Waals surface area contributed by atoms with Crippen LogP contribution in [0.1, 0.15) is 59.7 Å². The van der Waals surface area contributed by atoms with Crippen LogP contribution in [-0.2, 0) is 5.41 Å². The van der Waals surface area contributed by atoms with Gasteiger partial charge in [-0.1, -0.05) is 41.0 Å². The zero-order valence-electron chi connectivity index (χ0n) is 13.5. The van der Waals surface area contributed by atoms with E-state index < -0.39 is 0 Å². The van der Waals surface area contributed by atoms with E-state index >= 15 is 0 Å². The molecule has 0 saturated heterocycles.